The highest BCUT2D eigenvalue weighted by molar-refractivity contribution is 7.53. The largest absolute Gasteiger partial charge is 0.479 e. The zero-order valence-electron chi connectivity index (χ0n) is 12.4. The summed E-state index contributed by atoms with van der Waals surface area (Å²) in [5.74, 6) is -3.57. The van der Waals surface area contributed by atoms with Crippen LogP contribution in [0.4, 0.5) is 5.82 Å². The molecule has 3 rings (SSSR count). The zero-order chi connectivity index (χ0) is 17.5. The highest BCUT2D eigenvalue weighted by Crippen LogP contribution is 2.45. The molecule has 2 aromatic heterocycles. The van der Waals surface area contributed by atoms with E-state index in [4.69, 9.17) is 25.4 Å². The smallest absolute Gasteiger partial charge is 0.365 e. The fourth-order valence-corrected chi connectivity index (χ4v) is 3.51. The summed E-state index contributed by atoms with van der Waals surface area (Å²) in [6.45, 7) is 0. The van der Waals surface area contributed by atoms with E-state index in [0.29, 0.717) is 30.4 Å². The van der Waals surface area contributed by atoms with Gasteiger partial charge in [-0.3, -0.25) is 4.57 Å². The third-order valence-electron chi connectivity index (χ3n) is 3.98. The molecule has 0 aliphatic heterocycles. The average molecular weight is 357 g/mol. The highest BCUT2D eigenvalue weighted by atomic mass is 31.2. The lowest BCUT2D eigenvalue weighted by atomic mass is 10.2. The van der Waals surface area contributed by atoms with Gasteiger partial charge in [0.25, 0.3) is 5.85 Å². The maximum Gasteiger partial charge on any atom is 0.365 e. The average Bonchev–Trinajstić information content (AvgIpc) is 3.09. The van der Waals surface area contributed by atoms with Gasteiger partial charge in [-0.15, -0.1) is 0 Å². The first-order valence-corrected chi connectivity index (χ1v) is 8.82. The molecular formula is C12H16N5O6P. The second-order valence-corrected chi connectivity index (χ2v) is 7.23. The van der Waals surface area contributed by atoms with Crippen LogP contribution < -0.4 is 5.73 Å². The van der Waals surface area contributed by atoms with Crippen LogP contribution in [-0.4, -0.2) is 52.3 Å². The third-order valence-corrected chi connectivity index (χ3v) is 4.93. The van der Waals surface area contributed by atoms with Gasteiger partial charge in [-0.1, -0.05) is 0 Å². The molecule has 1 aliphatic rings. The van der Waals surface area contributed by atoms with E-state index >= 15 is 0 Å². The van der Waals surface area contributed by atoms with E-state index in [0.717, 1.165) is 0 Å². The molecule has 0 aromatic carbocycles. The van der Waals surface area contributed by atoms with Crippen LogP contribution >= 0.6 is 7.60 Å². The predicted molar refractivity (Wildman–Crippen MR) is 81.0 cm³/mol. The number of carboxylic acids is 1. The standard InChI is InChI=1S/C12H16N5O6P/c13-9-8-10(15-4-14-9)17(5-16-8)6-1-2-7(3-6)23-12(11(18)19)24(20,21)22/h4-7,12H,1-3H2,(H,18,19)(H2,13,14,15)(H2,20,21,22). The monoisotopic (exact) mass is 357 g/mol. The molecule has 2 heterocycles. The van der Waals surface area contributed by atoms with Crippen LogP contribution in [0.3, 0.4) is 0 Å². The summed E-state index contributed by atoms with van der Waals surface area (Å²) in [6.07, 6.45) is 3.80. The van der Waals surface area contributed by atoms with E-state index in [1.165, 1.54) is 6.33 Å². The number of ether oxygens (including phenoxy) is 1. The molecule has 0 radical (unpaired) electrons. The molecule has 0 saturated heterocycles. The van der Waals surface area contributed by atoms with Crippen molar-refractivity contribution in [3.63, 3.8) is 0 Å². The molecule has 5 N–H and O–H groups in total. The van der Waals surface area contributed by atoms with Crippen molar-refractivity contribution >= 4 is 30.5 Å². The van der Waals surface area contributed by atoms with Gasteiger partial charge in [0, 0.05) is 6.04 Å². The van der Waals surface area contributed by atoms with Gasteiger partial charge in [-0.05, 0) is 19.3 Å². The number of imidazole rings is 1. The van der Waals surface area contributed by atoms with Crippen LogP contribution in [0.1, 0.15) is 25.3 Å². The van der Waals surface area contributed by atoms with Crippen molar-refractivity contribution in [2.45, 2.75) is 37.3 Å². The lowest BCUT2D eigenvalue weighted by Gasteiger charge is -2.20. The first-order chi connectivity index (χ1) is 11.3. The lowest BCUT2D eigenvalue weighted by Crippen LogP contribution is -2.28. The molecule has 0 amide bonds. The predicted octanol–water partition coefficient (Wildman–Crippen LogP) is 0.107. The first kappa shape index (κ1) is 16.8. The topological polar surface area (TPSA) is 174 Å². The minimum Gasteiger partial charge on any atom is -0.479 e. The van der Waals surface area contributed by atoms with E-state index < -0.39 is 25.5 Å². The highest BCUT2D eigenvalue weighted by Gasteiger charge is 2.41. The number of anilines is 1. The van der Waals surface area contributed by atoms with Gasteiger partial charge in [-0.2, -0.15) is 0 Å². The molecule has 1 fully saturated rings. The Balaban J connectivity index is 1.76. The van der Waals surface area contributed by atoms with Crippen molar-refractivity contribution in [1.82, 2.24) is 19.5 Å². The number of hydrogen-bond donors (Lipinski definition) is 4. The van der Waals surface area contributed by atoms with Gasteiger partial charge < -0.3 is 29.9 Å². The number of hydrogen-bond acceptors (Lipinski definition) is 7. The molecule has 3 unspecified atom stereocenters. The quantitative estimate of drug-likeness (QED) is 0.537. The summed E-state index contributed by atoms with van der Waals surface area (Å²) < 4.78 is 18.2. The number of rotatable bonds is 5. The van der Waals surface area contributed by atoms with Crippen molar-refractivity contribution < 1.29 is 29.0 Å². The van der Waals surface area contributed by atoms with Crippen LogP contribution in [0, 0.1) is 0 Å². The van der Waals surface area contributed by atoms with E-state index in [2.05, 4.69) is 15.0 Å². The second kappa shape index (κ2) is 6.10. The fourth-order valence-electron chi connectivity index (χ4n) is 2.89. The summed E-state index contributed by atoms with van der Waals surface area (Å²) in [6, 6.07) is -0.0829. The van der Waals surface area contributed by atoms with Gasteiger partial charge in [-0.25, -0.2) is 19.7 Å². The molecule has 12 heteroatoms. The summed E-state index contributed by atoms with van der Waals surface area (Å²) >= 11 is 0. The Kier molecular flexibility index (Phi) is 4.26. The van der Waals surface area contributed by atoms with Gasteiger partial charge in [0.2, 0.25) is 0 Å². The Hall–Kier alpha value is -2.07. The molecular weight excluding hydrogens is 341 g/mol. The minimum absolute atomic E-state index is 0.0829. The number of carbonyl (C=O) groups is 1. The molecule has 11 nitrogen and oxygen atoms in total. The fraction of sp³-hybridized carbons (Fsp3) is 0.500. The number of aromatic nitrogens is 4. The van der Waals surface area contributed by atoms with Gasteiger partial charge in [0.1, 0.15) is 11.8 Å². The van der Waals surface area contributed by atoms with E-state index in [-0.39, 0.29) is 11.9 Å². The van der Waals surface area contributed by atoms with Crippen molar-refractivity contribution in [2.75, 3.05) is 5.73 Å². The molecule has 130 valence electrons. The number of fused-ring (bicyclic) bond motifs is 1. The normalized spacial score (nSPS) is 22.8. The Morgan fingerprint density at radius 2 is 2.12 bits per heavy atom. The van der Waals surface area contributed by atoms with Crippen molar-refractivity contribution in [3.05, 3.63) is 12.7 Å². The summed E-state index contributed by atoms with van der Waals surface area (Å²) in [4.78, 5) is 41.4. The molecule has 0 spiro atoms. The van der Waals surface area contributed by atoms with Crippen LogP contribution in [0.5, 0.6) is 0 Å². The van der Waals surface area contributed by atoms with Crippen LogP contribution in [0.25, 0.3) is 11.2 Å². The number of nitrogens with zero attached hydrogens (tertiary/aromatic N) is 4. The minimum atomic E-state index is -4.89. The number of nitrogen functional groups attached to an aromatic ring is 1. The number of carboxylic acid groups (broad SMARTS) is 1. The third kappa shape index (κ3) is 3.11. The van der Waals surface area contributed by atoms with Crippen LogP contribution in [0.2, 0.25) is 0 Å². The van der Waals surface area contributed by atoms with Gasteiger partial charge >= 0.3 is 13.6 Å². The second-order valence-electron chi connectivity index (χ2n) is 5.59. The van der Waals surface area contributed by atoms with Crippen molar-refractivity contribution in [3.8, 4) is 0 Å². The molecule has 1 aliphatic carbocycles. The van der Waals surface area contributed by atoms with E-state index in [9.17, 15) is 9.36 Å². The molecule has 3 atom stereocenters. The van der Waals surface area contributed by atoms with Crippen LogP contribution in [-0.2, 0) is 14.1 Å². The Labute approximate surface area is 135 Å². The summed E-state index contributed by atoms with van der Waals surface area (Å²) in [5.41, 5.74) is 6.77. The van der Waals surface area contributed by atoms with Crippen molar-refractivity contribution in [2.24, 2.45) is 0 Å². The van der Waals surface area contributed by atoms with E-state index in [1.54, 1.807) is 10.9 Å². The summed E-state index contributed by atoms with van der Waals surface area (Å²) in [7, 11) is -4.89. The van der Waals surface area contributed by atoms with E-state index in [1.807, 2.05) is 0 Å². The lowest BCUT2D eigenvalue weighted by molar-refractivity contribution is -0.148. The number of nitrogens with two attached hydrogens (primary N) is 1. The maximum atomic E-state index is 11.2. The Morgan fingerprint density at radius 1 is 1.38 bits per heavy atom. The summed E-state index contributed by atoms with van der Waals surface area (Å²) in [5, 5.41) is 8.93. The molecule has 1 saturated carbocycles. The zero-order valence-corrected chi connectivity index (χ0v) is 13.3. The van der Waals surface area contributed by atoms with Crippen molar-refractivity contribution in [1.29, 1.82) is 0 Å². The maximum absolute atomic E-state index is 11.2. The SMILES string of the molecule is Nc1ncnc2c1ncn2C1CCC(OC(C(=O)O)P(=O)(O)O)C1. The van der Waals surface area contributed by atoms with Crippen LogP contribution in [0.15, 0.2) is 12.7 Å². The molecule has 0 bridgehead atoms. The van der Waals surface area contributed by atoms with Gasteiger partial charge in [0.05, 0.1) is 12.4 Å². The number of aliphatic carboxylic acids is 1. The Bertz CT molecular complexity index is 819. The first-order valence-electron chi connectivity index (χ1n) is 7.14. The molecule has 24 heavy (non-hydrogen) atoms. The molecule has 2 aromatic rings. The van der Waals surface area contributed by atoms with Gasteiger partial charge in [0.15, 0.2) is 11.5 Å². The Morgan fingerprint density at radius 3 is 2.79 bits per heavy atom.